The molecule has 0 unspecified atom stereocenters. The van der Waals surface area contributed by atoms with Gasteiger partial charge in [0.15, 0.2) is 11.5 Å². The molecule has 0 radical (unpaired) electrons. The summed E-state index contributed by atoms with van der Waals surface area (Å²) in [6.07, 6.45) is 0. The van der Waals surface area contributed by atoms with Crippen molar-refractivity contribution >= 4 is 34.5 Å². The fourth-order valence-electron chi connectivity index (χ4n) is 2.66. The molecule has 3 nitrogen and oxygen atoms in total. The van der Waals surface area contributed by atoms with Crippen LogP contribution in [0.15, 0.2) is 47.8 Å². The highest BCUT2D eigenvalue weighted by Crippen LogP contribution is 2.37. The van der Waals surface area contributed by atoms with Crippen LogP contribution in [0.1, 0.15) is 22.9 Å². The van der Waals surface area contributed by atoms with Gasteiger partial charge in [0.05, 0.1) is 16.7 Å². The maximum absolute atomic E-state index is 13.2. The Morgan fingerprint density at radius 1 is 1.04 bits per heavy atom. The minimum atomic E-state index is -0.388. The lowest BCUT2D eigenvalue weighted by Crippen LogP contribution is -2.12. The van der Waals surface area contributed by atoms with Crippen molar-refractivity contribution in [1.82, 2.24) is 5.32 Å². The zero-order chi connectivity index (χ0) is 19.9. The molecule has 0 aliphatic heterocycles. The molecule has 0 aliphatic carbocycles. The molecule has 0 spiro atoms. The van der Waals surface area contributed by atoms with Crippen LogP contribution < -0.4 is 14.8 Å². The molecular weight excluding hydrogens is 420 g/mol. The lowest BCUT2D eigenvalue weighted by molar-refractivity contribution is 0.269. The van der Waals surface area contributed by atoms with Crippen LogP contribution >= 0.6 is 34.5 Å². The maximum Gasteiger partial charge on any atom is 0.180 e. The summed E-state index contributed by atoms with van der Waals surface area (Å²) in [5.41, 5.74) is 1.67. The molecule has 0 aliphatic rings. The quantitative estimate of drug-likeness (QED) is 0.414. The van der Waals surface area contributed by atoms with Crippen molar-refractivity contribution in [2.75, 3.05) is 6.61 Å². The topological polar surface area (TPSA) is 30.5 Å². The summed E-state index contributed by atoms with van der Waals surface area (Å²) in [4.78, 5) is 1.27. The average molecular weight is 440 g/mol. The van der Waals surface area contributed by atoms with Crippen molar-refractivity contribution in [3.63, 3.8) is 0 Å². The summed E-state index contributed by atoms with van der Waals surface area (Å²) in [5, 5.41) is 6.21. The van der Waals surface area contributed by atoms with E-state index < -0.39 is 0 Å². The van der Waals surface area contributed by atoms with Gasteiger partial charge in [-0.15, -0.1) is 11.3 Å². The van der Waals surface area contributed by atoms with E-state index in [1.54, 1.807) is 17.4 Å². The number of hydrogen-bond donors (Lipinski definition) is 1. The number of halogens is 3. The summed E-state index contributed by atoms with van der Waals surface area (Å²) in [5.74, 6) is 0.633. The number of benzene rings is 2. The van der Waals surface area contributed by atoms with Gasteiger partial charge in [0.25, 0.3) is 0 Å². The summed E-state index contributed by atoms with van der Waals surface area (Å²) in [6, 6.07) is 12.1. The Hall–Kier alpha value is -1.79. The lowest BCUT2D eigenvalue weighted by atomic mass is 10.2. The molecule has 3 aromatic rings. The van der Waals surface area contributed by atoms with Gasteiger partial charge >= 0.3 is 0 Å². The second kappa shape index (κ2) is 10.1. The van der Waals surface area contributed by atoms with Crippen molar-refractivity contribution in [3.05, 3.63) is 79.7 Å². The van der Waals surface area contributed by atoms with E-state index in [-0.39, 0.29) is 12.4 Å². The number of nitrogens with one attached hydrogen (secondary N) is 1. The molecule has 7 heteroatoms. The summed E-state index contributed by atoms with van der Waals surface area (Å²) < 4.78 is 24.8. The molecule has 0 atom stereocenters. The first kappa shape index (κ1) is 20.9. The Bertz CT molecular complexity index is 919. The molecule has 1 N–H and O–H groups in total. The van der Waals surface area contributed by atoms with Gasteiger partial charge in [0.2, 0.25) is 0 Å². The molecule has 0 fully saturated rings. The van der Waals surface area contributed by atoms with E-state index in [1.165, 1.54) is 17.0 Å². The molecule has 0 saturated carbocycles. The second-order valence-electron chi connectivity index (χ2n) is 6.05. The third-order valence-corrected chi connectivity index (χ3v) is 5.47. The van der Waals surface area contributed by atoms with E-state index in [0.717, 1.165) is 12.1 Å². The van der Waals surface area contributed by atoms with E-state index in [2.05, 4.69) is 16.8 Å². The molecule has 28 heavy (non-hydrogen) atoms. The van der Waals surface area contributed by atoms with E-state index in [4.69, 9.17) is 32.7 Å². The highest BCUT2D eigenvalue weighted by molar-refractivity contribution is 7.09. The predicted molar refractivity (Wildman–Crippen MR) is 113 cm³/mol. The van der Waals surface area contributed by atoms with Crippen molar-refractivity contribution in [3.8, 4) is 11.5 Å². The standard InChI is InChI=1S/C21H20Cl2FNO2S/c1-2-26-20-9-14(11-25-12-17-4-3-7-28-17)8-19(23)21(20)27-13-15-5-6-16(24)10-18(15)22/h3-10,25H,2,11-13H2,1H3. The van der Waals surface area contributed by atoms with Crippen LogP contribution in [0, 0.1) is 5.82 Å². The maximum atomic E-state index is 13.2. The summed E-state index contributed by atoms with van der Waals surface area (Å²) in [7, 11) is 0. The van der Waals surface area contributed by atoms with Gasteiger partial charge in [-0.05, 0) is 48.2 Å². The second-order valence-corrected chi connectivity index (χ2v) is 7.89. The third kappa shape index (κ3) is 5.61. The van der Waals surface area contributed by atoms with E-state index in [9.17, 15) is 4.39 Å². The van der Waals surface area contributed by atoms with Crippen LogP contribution in [0.2, 0.25) is 10.0 Å². The SMILES string of the molecule is CCOc1cc(CNCc2cccs2)cc(Cl)c1OCc1ccc(F)cc1Cl. The third-order valence-electron chi connectivity index (χ3n) is 3.96. The summed E-state index contributed by atoms with van der Waals surface area (Å²) in [6.45, 7) is 3.99. The molecule has 2 aromatic carbocycles. The largest absolute Gasteiger partial charge is 0.490 e. The Morgan fingerprint density at radius 2 is 1.89 bits per heavy atom. The van der Waals surface area contributed by atoms with Crippen molar-refractivity contribution in [2.24, 2.45) is 0 Å². The fraction of sp³-hybridized carbons (Fsp3) is 0.238. The van der Waals surface area contributed by atoms with Gasteiger partial charge in [-0.3, -0.25) is 0 Å². The first-order chi connectivity index (χ1) is 13.6. The van der Waals surface area contributed by atoms with Gasteiger partial charge in [-0.1, -0.05) is 35.3 Å². The first-order valence-corrected chi connectivity index (χ1v) is 10.5. The van der Waals surface area contributed by atoms with Crippen molar-refractivity contribution in [2.45, 2.75) is 26.6 Å². The molecule has 0 saturated heterocycles. The van der Waals surface area contributed by atoms with Gasteiger partial charge in [-0.25, -0.2) is 4.39 Å². The predicted octanol–water partition coefficient (Wildman–Crippen LogP) is 6.46. The highest BCUT2D eigenvalue weighted by atomic mass is 35.5. The lowest BCUT2D eigenvalue weighted by Gasteiger charge is -2.16. The van der Waals surface area contributed by atoms with Gasteiger partial charge in [0.1, 0.15) is 12.4 Å². The van der Waals surface area contributed by atoms with Gasteiger partial charge in [0, 0.05) is 23.5 Å². The van der Waals surface area contributed by atoms with E-state index in [1.807, 2.05) is 25.1 Å². The normalized spacial score (nSPS) is 10.9. The van der Waals surface area contributed by atoms with Crippen molar-refractivity contribution in [1.29, 1.82) is 0 Å². The Kier molecular flexibility index (Phi) is 7.57. The van der Waals surface area contributed by atoms with Crippen LogP contribution in [0.4, 0.5) is 4.39 Å². The van der Waals surface area contributed by atoms with Gasteiger partial charge < -0.3 is 14.8 Å². The smallest absolute Gasteiger partial charge is 0.180 e. The molecule has 0 bridgehead atoms. The highest BCUT2D eigenvalue weighted by Gasteiger charge is 2.14. The van der Waals surface area contributed by atoms with Crippen LogP contribution in [-0.2, 0) is 19.7 Å². The molecular formula is C21H20Cl2FNO2S. The number of thiophene rings is 1. The molecule has 0 amide bonds. The minimum absolute atomic E-state index is 0.162. The molecule has 1 heterocycles. The molecule has 148 valence electrons. The zero-order valence-electron chi connectivity index (χ0n) is 15.3. The van der Waals surface area contributed by atoms with E-state index >= 15 is 0 Å². The average Bonchev–Trinajstić information content (AvgIpc) is 3.16. The minimum Gasteiger partial charge on any atom is -0.490 e. The Balaban J connectivity index is 1.70. The van der Waals surface area contributed by atoms with E-state index in [0.29, 0.717) is 40.3 Å². The Morgan fingerprint density at radius 3 is 2.61 bits per heavy atom. The van der Waals surface area contributed by atoms with Crippen LogP contribution in [-0.4, -0.2) is 6.61 Å². The van der Waals surface area contributed by atoms with Crippen LogP contribution in [0.5, 0.6) is 11.5 Å². The van der Waals surface area contributed by atoms with Crippen LogP contribution in [0.25, 0.3) is 0 Å². The molecule has 1 aromatic heterocycles. The Labute approximate surface area is 178 Å². The van der Waals surface area contributed by atoms with Gasteiger partial charge in [-0.2, -0.15) is 0 Å². The summed E-state index contributed by atoms with van der Waals surface area (Å²) >= 11 is 14.2. The molecule has 3 rings (SSSR count). The van der Waals surface area contributed by atoms with Crippen molar-refractivity contribution < 1.29 is 13.9 Å². The number of rotatable bonds is 9. The number of ether oxygens (including phenoxy) is 2. The first-order valence-electron chi connectivity index (χ1n) is 8.82. The van der Waals surface area contributed by atoms with Crippen LogP contribution in [0.3, 0.4) is 0 Å². The number of hydrogen-bond acceptors (Lipinski definition) is 4. The fourth-order valence-corrected chi connectivity index (χ4v) is 3.84. The monoisotopic (exact) mass is 439 g/mol. The zero-order valence-corrected chi connectivity index (χ0v) is 17.6.